The van der Waals surface area contributed by atoms with Crippen molar-refractivity contribution in [1.29, 1.82) is 0 Å². The van der Waals surface area contributed by atoms with Crippen LogP contribution in [-0.4, -0.2) is 0 Å². The van der Waals surface area contributed by atoms with Gasteiger partial charge in [-0.2, -0.15) is 0 Å². The normalized spacial score (nSPS) is 20.3. The van der Waals surface area contributed by atoms with Crippen molar-refractivity contribution in [3.63, 3.8) is 0 Å². The Morgan fingerprint density at radius 1 is 1.15 bits per heavy atom. The predicted molar refractivity (Wildman–Crippen MR) is 58.5 cm³/mol. The SMILES string of the molecule is Cc1cc(C)cc(C2NC=CS2)c1. The van der Waals surface area contributed by atoms with Crippen LogP contribution in [0.2, 0.25) is 0 Å². The Balaban J connectivity index is 2.29. The van der Waals surface area contributed by atoms with Crippen molar-refractivity contribution in [3.8, 4) is 0 Å². The minimum Gasteiger partial charge on any atom is -0.375 e. The lowest BCUT2D eigenvalue weighted by Gasteiger charge is -2.12. The van der Waals surface area contributed by atoms with Crippen molar-refractivity contribution >= 4 is 11.8 Å². The first kappa shape index (κ1) is 8.70. The third kappa shape index (κ3) is 1.89. The number of hydrogen-bond acceptors (Lipinski definition) is 2. The quantitative estimate of drug-likeness (QED) is 0.732. The van der Waals surface area contributed by atoms with Gasteiger partial charge in [-0.1, -0.05) is 29.3 Å². The highest BCUT2D eigenvalue weighted by Gasteiger charge is 2.12. The van der Waals surface area contributed by atoms with Crippen LogP contribution < -0.4 is 5.32 Å². The molecule has 1 nitrogen and oxygen atoms in total. The molecule has 0 bridgehead atoms. The highest BCUT2D eigenvalue weighted by molar-refractivity contribution is 8.02. The smallest absolute Gasteiger partial charge is 0.102 e. The van der Waals surface area contributed by atoms with Crippen LogP contribution in [0.5, 0.6) is 0 Å². The van der Waals surface area contributed by atoms with Gasteiger partial charge in [0.15, 0.2) is 0 Å². The summed E-state index contributed by atoms with van der Waals surface area (Å²) in [5, 5.41) is 5.82. The molecule has 0 aliphatic carbocycles. The van der Waals surface area contributed by atoms with Gasteiger partial charge >= 0.3 is 0 Å². The van der Waals surface area contributed by atoms with Crippen LogP contribution in [0.3, 0.4) is 0 Å². The van der Waals surface area contributed by atoms with Crippen LogP contribution in [0.1, 0.15) is 22.1 Å². The van der Waals surface area contributed by atoms with Gasteiger partial charge < -0.3 is 5.32 Å². The van der Waals surface area contributed by atoms with Gasteiger partial charge in [0.25, 0.3) is 0 Å². The van der Waals surface area contributed by atoms with Crippen LogP contribution in [-0.2, 0) is 0 Å². The third-order valence-electron chi connectivity index (χ3n) is 2.08. The van der Waals surface area contributed by atoms with Crippen molar-refractivity contribution in [2.45, 2.75) is 19.2 Å². The van der Waals surface area contributed by atoms with Crippen molar-refractivity contribution in [3.05, 3.63) is 46.5 Å². The molecule has 1 atom stereocenters. The highest BCUT2D eigenvalue weighted by atomic mass is 32.2. The average Bonchev–Trinajstić information content (AvgIpc) is 2.53. The minimum absolute atomic E-state index is 0.415. The maximum atomic E-state index is 3.31. The van der Waals surface area contributed by atoms with E-state index >= 15 is 0 Å². The van der Waals surface area contributed by atoms with Crippen molar-refractivity contribution in [1.82, 2.24) is 5.32 Å². The van der Waals surface area contributed by atoms with Crippen molar-refractivity contribution in [2.24, 2.45) is 0 Å². The lowest BCUT2D eigenvalue weighted by atomic mass is 10.1. The molecule has 0 fully saturated rings. The summed E-state index contributed by atoms with van der Waals surface area (Å²) in [6.45, 7) is 4.28. The van der Waals surface area contributed by atoms with Gasteiger partial charge in [0.05, 0.1) is 0 Å². The van der Waals surface area contributed by atoms with E-state index in [-0.39, 0.29) is 0 Å². The van der Waals surface area contributed by atoms with Gasteiger partial charge in [-0.3, -0.25) is 0 Å². The fourth-order valence-corrected chi connectivity index (χ4v) is 2.38. The first-order valence-corrected chi connectivity index (χ1v) is 5.35. The topological polar surface area (TPSA) is 12.0 Å². The molecule has 1 aromatic carbocycles. The Morgan fingerprint density at radius 3 is 2.38 bits per heavy atom. The fraction of sp³-hybridized carbons (Fsp3) is 0.273. The predicted octanol–water partition coefficient (Wildman–Crippen LogP) is 3.11. The number of hydrogen-bond donors (Lipinski definition) is 1. The molecule has 0 amide bonds. The van der Waals surface area contributed by atoms with Gasteiger partial charge in [-0.15, -0.1) is 11.8 Å². The van der Waals surface area contributed by atoms with E-state index in [1.54, 1.807) is 0 Å². The van der Waals surface area contributed by atoms with Gasteiger partial charge in [0.2, 0.25) is 0 Å². The summed E-state index contributed by atoms with van der Waals surface area (Å²) >= 11 is 1.82. The molecule has 1 N–H and O–H groups in total. The van der Waals surface area contributed by atoms with E-state index in [4.69, 9.17) is 0 Å². The van der Waals surface area contributed by atoms with Gasteiger partial charge in [0.1, 0.15) is 5.37 Å². The summed E-state index contributed by atoms with van der Waals surface area (Å²) in [7, 11) is 0. The van der Waals surface area contributed by atoms with Crippen molar-refractivity contribution in [2.75, 3.05) is 0 Å². The van der Waals surface area contributed by atoms with Crippen LogP contribution in [0, 0.1) is 13.8 Å². The molecule has 1 aromatic rings. The lowest BCUT2D eigenvalue weighted by molar-refractivity contribution is 0.859. The molecule has 0 spiro atoms. The van der Waals surface area contributed by atoms with E-state index in [2.05, 4.69) is 42.8 Å². The molecule has 0 radical (unpaired) electrons. The molecule has 2 rings (SSSR count). The van der Waals surface area contributed by atoms with Crippen LogP contribution in [0.25, 0.3) is 0 Å². The molecule has 1 heterocycles. The minimum atomic E-state index is 0.415. The van der Waals surface area contributed by atoms with E-state index in [9.17, 15) is 0 Å². The van der Waals surface area contributed by atoms with E-state index in [1.807, 2.05) is 18.0 Å². The van der Waals surface area contributed by atoms with Crippen LogP contribution >= 0.6 is 11.8 Å². The molecule has 2 heteroatoms. The fourth-order valence-electron chi connectivity index (χ4n) is 1.62. The molecule has 1 unspecified atom stereocenters. The van der Waals surface area contributed by atoms with Crippen LogP contribution in [0.4, 0.5) is 0 Å². The number of thioether (sulfide) groups is 1. The summed E-state index contributed by atoms with van der Waals surface area (Å²) < 4.78 is 0. The summed E-state index contributed by atoms with van der Waals surface area (Å²) in [4.78, 5) is 0. The Bertz CT molecular complexity index is 316. The second-order valence-corrected chi connectivity index (χ2v) is 4.42. The molecular weight excluding hydrogens is 178 g/mol. The van der Waals surface area contributed by atoms with Crippen LogP contribution in [0.15, 0.2) is 29.8 Å². The van der Waals surface area contributed by atoms with Gasteiger partial charge in [-0.25, -0.2) is 0 Å². The number of aryl methyl sites for hydroxylation is 2. The standard InChI is InChI=1S/C11H13NS/c1-8-5-9(2)7-10(6-8)11-12-3-4-13-11/h3-7,11-12H,1-2H3. The largest absolute Gasteiger partial charge is 0.375 e. The van der Waals surface area contributed by atoms with Gasteiger partial charge in [0, 0.05) is 6.20 Å². The Morgan fingerprint density at radius 2 is 1.85 bits per heavy atom. The molecule has 13 heavy (non-hydrogen) atoms. The summed E-state index contributed by atoms with van der Waals surface area (Å²) in [6.07, 6.45) is 2.01. The maximum Gasteiger partial charge on any atom is 0.102 e. The highest BCUT2D eigenvalue weighted by Crippen LogP contribution is 2.31. The Hall–Kier alpha value is -0.890. The zero-order valence-electron chi connectivity index (χ0n) is 7.87. The first-order chi connectivity index (χ1) is 6.25. The van der Waals surface area contributed by atoms with E-state index in [1.165, 1.54) is 16.7 Å². The second kappa shape index (κ2) is 3.46. The molecule has 68 valence electrons. The molecule has 0 saturated carbocycles. The molecule has 1 aliphatic rings. The Labute approximate surface area is 83.2 Å². The maximum absolute atomic E-state index is 3.31. The summed E-state index contributed by atoms with van der Waals surface area (Å²) in [6, 6.07) is 6.69. The zero-order valence-corrected chi connectivity index (χ0v) is 8.69. The molecule has 1 aliphatic heterocycles. The molecule has 0 saturated heterocycles. The average molecular weight is 191 g/mol. The van der Waals surface area contributed by atoms with E-state index in [0.29, 0.717) is 5.37 Å². The van der Waals surface area contributed by atoms with E-state index in [0.717, 1.165) is 0 Å². The van der Waals surface area contributed by atoms with Crippen molar-refractivity contribution < 1.29 is 0 Å². The second-order valence-electron chi connectivity index (χ2n) is 3.41. The summed E-state index contributed by atoms with van der Waals surface area (Å²) in [5.41, 5.74) is 4.04. The molecule has 0 aromatic heterocycles. The number of benzene rings is 1. The number of nitrogens with one attached hydrogen (secondary N) is 1. The zero-order chi connectivity index (χ0) is 9.26. The number of rotatable bonds is 1. The lowest BCUT2D eigenvalue weighted by Crippen LogP contribution is -2.07. The third-order valence-corrected chi connectivity index (χ3v) is 3.05. The Kier molecular flexibility index (Phi) is 2.32. The monoisotopic (exact) mass is 191 g/mol. The first-order valence-electron chi connectivity index (χ1n) is 4.40. The summed E-state index contributed by atoms with van der Waals surface area (Å²) in [5.74, 6) is 0. The van der Waals surface area contributed by atoms with Gasteiger partial charge in [-0.05, 0) is 24.8 Å². The molecular formula is C11H13NS. The van der Waals surface area contributed by atoms with E-state index < -0.39 is 0 Å².